The maximum absolute atomic E-state index is 13.0. The van der Waals surface area contributed by atoms with Gasteiger partial charge in [-0.05, 0) is 57.5 Å². The Hall–Kier alpha value is -2.42. The smallest absolute Gasteiger partial charge is 0.321 e. The zero-order chi connectivity index (χ0) is 18.9. The number of nitrogens with one attached hydrogen (secondary N) is 2. The number of anilines is 1. The van der Waals surface area contributed by atoms with Gasteiger partial charge in [0.15, 0.2) is 5.69 Å². The zero-order valence-corrected chi connectivity index (χ0v) is 14.5. The number of hydrogen-bond donors (Lipinski definition) is 2. The van der Waals surface area contributed by atoms with Crippen molar-refractivity contribution in [1.82, 2.24) is 20.3 Å². The van der Waals surface area contributed by atoms with E-state index in [4.69, 9.17) is 0 Å². The van der Waals surface area contributed by atoms with Crippen LogP contribution in [0.4, 0.5) is 18.9 Å². The summed E-state index contributed by atoms with van der Waals surface area (Å²) in [6, 6.07) is 3.87. The Morgan fingerprint density at radius 2 is 1.96 bits per heavy atom. The highest BCUT2D eigenvalue weighted by atomic mass is 19.4. The van der Waals surface area contributed by atoms with Gasteiger partial charge in [-0.1, -0.05) is 11.3 Å². The van der Waals surface area contributed by atoms with Crippen molar-refractivity contribution in [2.75, 3.05) is 18.4 Å². The average molecular weight is 367 g/mol. The van der Waals surface area contributed by atoms with Gasteiger partial charge < -0.3 is 10.6 Å². The molecule has 1 fully saturated rings. The number of halogens is 3. The second-order valence-corrected chi connectivity index (χ2v) is 6.43. The topological polar surface area (TPSA) is 71.8 Å². The second-order valence-electron chi connectivity index (χ2n) is 6.43. The van der Waals surface area contributed by atoms with E-state index in [1.54, 1.807) is 11.6 Å². The van der Waals surface area contributed by atoms with Crippen LogP contribution in [0.2, 0.25) is 0 Å². The molecule has 1 aromatic heterocycles. The van der Waals surface area contributed by atoms with Crippen LogP contribution >= 0.6 is 0 Å². The van der Waals surface area contributed by atoms with Gasteiger partial charge >= 0.3 is 6.18 Å². The molecule has 0 aliphatic carbocycles. The Morgan fingerprint density at radius 1 is 1.27 bits per heavy atom. The molecule has 0 saturated carbocycles. The maximum atomic E-state index is 13.0. The summed E-state index contributed by atoms with van der Waals surface area (Å²) in [4.78, 5) is 12.5. The SMILES string of the molecule is Cc1ccc(NC(=O)c2nnn(C3CCNCC3)c2C)cc1C(F)(F)F. The number of rotatable bonds is 3. The van der Waals surface area contributed by atoms with Gasteiger partial charge in [0.25, 0.3) is 5.91 Å². The molecular weight excluding hydrogens is 347 g/mol. The van der Waals surface area contributed by atoms with Crippen LogP contribution in [0, 0.1) is 13.8 Å². The lowest BCUT2D eigenvalue weighted by Gasteiger charge is -2.23. The van der Waals surface area contributed by atoms with E-state index in [-0.39, 0.29) is 23.0 Å². The molecule has 1 saturated heterocycles. The Labute approximate surface area is 148 Å². The van der Waals surface area contributed by atoms with E-state index in [1.165, 1.54) is 19.1 Å². The molecule has 1 amide bonds. The fourth-order valence-corrected chi connectivity index (χ4v) is 3.14. The number of benzene rings is 1. The van der Waals surface area contributed by atoms with Crippen LogP contribution in [0.1, 0.15) is 46.2 Å². The molecule has 2 heterocycles. The molecule has 3 rings (SSSR count). The Bertz CT molecular complexity index is 809. The predicted octanol–water partition coefficient (Wildman–Crippen LogP) is 3.09. The molecule has 1 aliphatic heterocycles. The highest BCUT2D eigenvalue weighted by Gasteiger charge is 2.32. The summed E-state index contributed by atoms with van der Waals surface area (Å²) in [5, 5.41) is 13.7. The van der Waals surface area contributed by atoms with E-state index < -0.39 is 17.6 Å². The molecule has 26 heavy (non-hydrogen) atoms. The lowest BCUT2D eigenvalue weighted by Crippen LogP contribution is -2.30. The van der Waals surface area contributed by atoms with E-state index >= 15 is 0 Å². The molecule has 0 atom stereocenters. The molecule has 1 aliphatic rings. The molecule has 0 unspecified atom stereocenters. The van der Waals surface area contributed by atoms with Crippen LogP contribution in [-0.4, -0.2) is 34.0 Å². The van der Waals surface area contributed by atoms with Crippen LogP contribution in [0.5, 0.6) is 0 Å². The fourth-order valence-electron chi connectivity index (χ4n) is 3.14. The number of amides is 1. The minimum absolute atomic E-state index is 0.0729. The molecule has 0 radical (unpaired) electrons. The highest BCUT2D eigenvalue weighted by Crippen LogP contribution is 2.33. The van der Waals surface area contributed by atoms with E-state index in [1.807, 2.05) is 0 Å². The van der Waals surface area contributed by atoms with Crippen molar-refractivity contribution in [1.29, 1.82) is 0 Å². The average Bonchev–Trinajstić information content (AvgIpc) is 2.98. The largest absolute Gasteiger partial charge is 0.416 e. The number of nitrogens with zero attached hydrogens (tertiary/aromatic N) is 3. The van der Waals surface area contributed by atoms with E-state index in [2.05, 4.69) is 20.9 Å². The number of piperidine rings is 1. The van der Waals surface area contributed by atoms with E-state index in [9.17, 15) is 18.0 Å². The van der Waals surface area contributed by atoms with Crippen molar-refractivity contribution < 1.29 is 18.0 Å². The number of hydrogen-bond acceptors (Lipinski definition) is 4. The number of aryl methyl sites for hydroxylation is 1. The highest BCUT2D eigenvalue weighted by molar-refractivity contribution is 6.03. The van der Waals surface area contributed by atoms with Gasteiger partial charge in [-0.15, -0.1) is 5.10 Å². The second kappa shape index (κ2) is 7.06. The van der Waals surface area contributed by atoms with Gasteiger partial charge in [0.05, 0.1) is 17.3 Å². The summed E-state index contributed by atoms with van der Waals surface area (Å²) in [5.41, 5.74) is 0.132. The lowest BCUT2D eigenvalue weighted by atomic mass is 10.1. The first-order valence-electron chi connectivity index (χ1n) is 8.39. The van der Waals surface area contributed by atoms with Crippen molar-refractivity contribution in [2.24, 2.45) is 0 Å². The predicted molar refractivity (Wildman–Crippen MR) is 90.0 cm³/mol. The molecule has 9 heteroatoms. The van der Waals surface area contributed by atoms with E-state index in [0.29, 0.717) is 5.69 Å². The van der Waals surface area contributed by atoms with Crippen LogP contribution < -0.4 is 10.6 Å². The zero-order valence-electron chi connectivity index (χ0n) is 14.5. The minimum atomic E-state index is -4.47. The summed E-state index contributed by atoms with van der Waals surface area (Å²) < 4.78 is 40.8. The molecule has 140 valence electrons. The lowest BCUT2D eigenvalue weighted by molar-refractivity contribution is -0.138. The summed E-state index contributed by atoms with van der Waals surface area (Å²) in [6.07, 6.45) is -2.70. The molecule has 0 spiro atoms. The first-order chi connectivity index (χ1) is 12.3. The Kier molecular flexibility index (Phi) is 4.99. The third-order valence-electron chi connectivity index (χ3n) is 4.60. The van der Waals surface area contributed by atoms with Crippen molar-refractivity contribution >= 4 is 11.6 Å². The van der Waals surface area contributed by atoms with Crippen LogP contribution in [0.25, 0.3) is 0 Å². The summed E-state index contributed by atoms with van der Waals surface area (Å²) in [5.74, 6) is -0.570. The van der Waals surface area contributed by atoms with Crippen molar-refractivity contribution in [3.05, 3.63) is 40.7 Å². The van der Waals surface area contributed by atoms with Crippen molar-refractivity contribution in [3.8, 4) is 0 Å². The minimum Gasteiger partial charge on any atom is -0.321 e. The van der Waals surface area contributed by atoms with E-state index in [0.717, 1.165) is 32.0 Å². The third-order valence-corrected chi connectivity index (χ3v) is 4.60. The van der Waals surface area contributed by atoms with Gasteiger partial charge in [0, 0.05) is 5.69 Å². The van der Waals surface area contributed by atoms with Gasteiger partial charge in [-0.2, -0.15) is 13.2 Å². The molecule has 2 N–H and O–H groups in total. The number of carbonyl (C=O) groups excluding carboxylic acids is 1. The molecule has 0 bridgehead atoms. The van der Waals surface area contributed by atoms with Crippen LogP contribution in [0.3, 0.4) is 0 Å². The van der Waals surface area contributed by atoms with Gasteiger partial charge in [-0.3, -0.25) is 4.79 Å². The number of aromatic nitrogens is 3. The number of carbonyl (C=O) groups is 1. The molecule has 1 aromatic carbocycles. The first-order valence-corrected chi connectivity index (χ1v) is 8.39. The standard InChI is InChI=1S/C17H20F3N5O/c1-10-3-4-12(9-14(10)17(18,19)20)22-16(26)15-11(2)25(24-23-15)13-5-7-21-8-6-13/h3-4,9,13,21H,5-8H2,1-2H3,(H,22,26). The molecular formula is C17H20F3N5O. The monoisotopic (exact) mass is 367 g/mol. The van der Waals surface area contributed by atoms with Crippen molar-refractivity contribution in [2.45, 2.75) is 38.9 Å². The van der Waals surface area contributed by atoms with Crippen LogP contribution in [0.15, 0.2) is 18.2 Å². The quantitative estimate of drug-likeness (QED) is 0.875. The van der Waals surface area contributed by atoms with Crippen molar-refractivity contribution in [3.63, 3.8) is 0 Å². The summed E-state index contributed by atoms with van der Waals surface area (Å²) in [7, 11) is 0. The summed E-state index contributed by atoms with van der Waals surface area (Å²) in [6.45, 7) is 4.86. The van der Waals surface area contributed by atoms with Gasteiger partial charge in [0.2, 0.25) is 0 Å². The molecule has 2 aromatic rings. The summed E-state index contributed by atoms with van der Waals surface area (Å²) >= 11 is 0. The normalized spacial score (nSPS) is 15.9. The van der Waals surface area contributed by atoms with Gasteiger partial charge in [0.1, 0.15) is 0 Å². The number of alkyl halides is 3. The fraction of sp³-hybridized carbons (Fsp3) is 0.471. The third kappa shape index (κ3) is 3.72. The molecule has 6 nitrogen and oxygen atoms in total. The first kappa shape index (κ1) is 18.4. The maximum Gasteiger partial charge on any atom is 0.416 e. The Morgan fingerprint density at radius 3 is 2.62 bits per heavy atom. The van der Waals surface area contributed by atoms with Crippen LogP contribution in [-0.2, 0) is 6.18 Å². The Balaban J connectivity index is 1.80. The van der Waals surface area contributed by atoms with Gasteiger partial charge in [-0.25, -0.2) is 4.68 Å².